The lowest BCUT2D eigenvalue weighted by molar-refractivity contribution is -0.0585. The molecule has 0 aromatic heterocycles. The van der Waals surface area contributed by atoms with E-state index in [2.05, 4.69) is 5.32 Å². The van der Waals surface area contributed by atoms with Crippen LogP contribution in [0.1, 0.15) is 34.6 Å². The van der Waals surface area contributed by atoms with Gasteiger partial charge in [-0.25, -0.2) is 0 Å². The Hall–Kier alpha value is -2.77. The summed E-state index contributed by atoms with van der Waals surface area (Å²) in [5.41, 5.74) is 1.09. The predicted molar refractivity (Wildman–Crippen MR) is 115 cm³/mol. The van der Waals surface area contributed by atoms with Crippen LogP contribution in [0.3, 0.4) is 0 Å². The molecule has 0 bridgehead atoms. The molecule has 0 radical (unpaired) electrons. The summed E-state index contributed by atoms with van der Waals surface area (Å²) in [5, 5.41) is 3.23. The van der Waals surface area contributed by atoms with Crippen LogP contribution in [0.5, 0.6) is 11.5 Å². The Bertz CT molecular complexity index is 939. The molecule has 30 heavy (non-hydrogen) atoms. The molecule has 2 aromatic carbocycles. The summed E-state index contributed by atoms with van der Waals surface area (Å²) in [6.07, 6.45) is -0.136. The SMILES string of the molecule is COc1ccc(C(=O)Nc2ccc(Cl)cc2C(=O)N2C[C@@H](C)O[C@@H](C)C2)cc1OC. The monoisotopic (exact) mass is 432 g/mol. The van der Waals surface area contributed by atoms with Crippen molar-refractivity contribution in [2.24, 2.45) is 0 Å². The van der Waals surface area contributed by atoms with Crippen LogP contribution in [0.2, 0.25) is 5.02 Å². The zero-order valence-corrected chi connectivity index (χ0v) is 18.2. The average molecular weight is 433 g/mol. The zero-order valence-electron chi connectivity index (χ0n) is 17.4. The van der Waals surface area contributed by atoms with Crippen LogP contribution >= 0.6 is 11.6 Å². The number of halogens is 1. The van der Waals surface area contributed by atoms with E-state index in [0.29, 0.717) is 46.4 Å². The molecule has 1 aliphatic rings. The molecule has 8 heteroatoms. The highest BCUT2D eigenvalue weighted by molar-refractivity contribution is 6.31. The Morgan fingerprint density at radius 2 is 1.70 bits per heavy atom. The summed E-state index contributed by atoms with van der Waals surface area (Å²) in [5.74, 6) is 0.374. The number of carbonyl (C=O) groups is 2. The van der Waals surface area contributed by atoms with Crippen molar-refractivity contribution in [2.75, 3.05) is 32.6 Å². The lowest BCUT2D eigenvalue weighted by atomic mass is 10.1. The van der Waals surface area contributed by atoms with Gasteiger partial charge >= 0.3 is 0 Å². The van der Waals surface area contributed by atoms with Gasteiger partial charge in [0.05, 0.1) is 37.7 Å². The van der Waals surface area contributed by atoms with E-state index in [9.17, 15) is 9.59 Å². The number of hydrogen-bond donors (Lipinski definition) is 1. The first-order valence-corrected chi connectivity index (χ1v) is 9.97. The first-order valence-electron chi connectivity index (χ1n) is 9.60. The highest BCUT2D eigenvalue weighted by atomic mass is 35.5. The van der Waals surface area contributed by atoms with Gasteiger partial charge < -0.3 is 24.4 Å². The smallest absolute Gasteiger partial charge is 0.256 e. The molecule has 0 spiro atoms. The third-order valence-corrected chi connectivity index (χ3v) is 5.05. The van der Waals surface area contributed by atoms with E-state index in [0.717, 1.165) is 0 Å². The minimum atomic E-state index is -0.379. The summed E-state index contributed by atoms with van der Waals surface area (Å²) in [7, 11) is 3.02. The Labute approximate surface area is 180 Å². The highest BCUT2D eigenvalue weighted by Crippen LogP contribution is 2.29. The van der Waals surface area contributed by atoms with Crippen molar-refractivity contribution in [1.29, 1.82) is 0 Å². The van der Waals surface area contributed by atoms with Crippen molar-refractivity contribution in [1.82, 2.24) is 4.90 Å². The Kier molecular flexibility index (Phi) is 6.84. The van der Waals surface area contributed by atoms with E-state index in [4.69, 9.17) is 25.8 Å². The number of morpholine rings is 1. The second kappa shape index (κ2) is 9.36. The van der Waals surface area contributed by atoms with Crippen LogP contribution in [0.15, 0.2) is 36.4 Å². The molecule has 0 unspecified atom stereocenters. The summed E-state index contributed by atoms with van der Waals surface area (Å²) in [6, 6.07) is 9.68. The number of anilines is 1. The molecule has 1 saturated heterocycles. The van der Waals surface area contributed by atoms with Gasteiger partial charge in [0.1, 0.15) is 0 Å². The molecule has 1 heterocycles. The second-order valence-electron chi connectivity index (χ2n) is 7.18. The summed E-state index contributed by atoms with van der Waals surface area (Å²) < 4.78 is 16.2. The van der Waals surface area contributed by atoms with Crippen molar-refractivity contribution < 1.29 is 23.8 Å². The van der Waals surface area contributed by atoms with Crippen LogP contribution < -0.4 is 14.8 Å². The van der Waals surface area contributed by atoms with Crippen LogP contribution in [0.25, 0.3) is 0 Å². The first kappa shape index (κ1) is 21.9. The molecular weight excluding hydrogens is 408 g/mol. The Morgan fingerprint density at radius 1 is 1.03 bits per heavy atom. The standard InChI is InChI=1S/C22H25ClN2O5/c1-13-11-25(12-14(2)30-13)22(27)17-10-16(23)6-7-18(17)24-21(26)15-5-8-19(28-3)20(9-15)29-4/h5-10,13-14H,11-12H2,1-4H3,(H,24,26)/t13-,14+. The summed E-state index contributed by atoms with van der Waals surface area (Å²) in [6.45, 7) is 4.79. The Morgan fingerprint density at radius 3 is 2.33 bits per heavy atom. The molecule has 1 fully saturated rings. The molecular formula is C22H25ClN2O5. The Balaban J connectivity index is 1.86. The number of nitrogens with one attached hydrogen (secondary N) is 1. The molecule has 160 valence electrons. The molecule has 1 aliphatic heterocycles. The van der Waals surface area contributed by atoms with E-state index >= 15 is 0 Å². The lowest BCUT2D eigenvalue weighted by Crippen LogP contribution is -2.48. The minimum Gasteiger partial charge on any atom is -0.493 e. The van der Waals surface area contributed by atoms with Gasteiger partial charge in [-0.2, -0.15) is 0 Å². The van der Waals surface area contributed by atoms with Crippen LogP contribution in [-0.2, 0) is 4.74 Å². The van der Waals surface area contributed by atoms with E-state index in [-0.39, 0.29) is 24.0 Å². The number of ether oxygens (including phenoxy) is 3. The fourth-order valence-corrected chi connectivity index (χ4v) is 3.66. The molecule has 2 aromatic rings. The molecule has 1 N–H and O–H groups in total. The molecule has 0 saturated carbocycles. The maximum absolute atomic E-state index is 13.2. The van der Waals surface area contributed by atoms with Crippen molar-refractivity contribution in [2.45, 2.75) is 26.1 Å². The quantitative estimate of drug-likeness (QED) is 0.776. The fraction of sp³-hybridized carbons (Fsp3) is 0.364. The van der Waals surface area contributed by atoms with Gasteiger partial charge in [-0.05, 0) is 50.2 Å². The second-order valence-corrected chi connectivity index (χ2v) is 7.62. The van der Waals surface area contributed by atoms with E-state index in [1.54, 1.807) is 41.3 Å². The predicted octanol–water partition coefficient (Wildman–Crippen LogP) is 3.86. The number of carbonyl (C=O) groups excluding carboxylic acids is 2. The summed E-state index contributed by atoms with van der Waals surface area (Å²) in [4.78, 5) is 27.7. The number of methoxy groups -OCH3 is 2. The molecule has 3 rings (SSSR count). The molecule has 0 aliphatic carbocycles. The lowest BCUT2D eigenvalue weighted by Gasteiger charge is -2.35. The van der Waals surface area contributed by atoms with Gasteiger partial charge in [0, 0.05) is 23.7 Å². The zero-order chi connectivity index (χ0) is 21.8. The molecule has 2 atom stereocenters. The van der Waals surface area contributed by atoms with Crippen molar-refractivity contribution in [3.05, 3.63) is 52.5 Å². The van der Waals surface area contributed by atoms with Crippen molar-refractivity contribution in [3.8, 4) is 11.5 Å². The van der Waals surface area contributed by atoms with Crippen molar-refractivity contribution in [3.63, 3.8) is 0 Å². The number of hydrogen-bond acceptors (Lipinski definition) is 5. The van der Waals surface area contributed by atoms with Gasteiger partial charge in [0.2, 0.25) is 0 Å². The number of nitrogens with zero attached hydrogens (tertiary/aromatic N) is 1. The van der Waals surface area contributed by atoms with Crippen molar-refractivity contribution >= 4 is 29.1 Å². The third-order valence-electron chi connectivity index (χ3n) is 4.81. The maximum atomic E-state index is 13.2. The average Bonchev–Trinajstić information content (AvgIpc) is 2.73. The number of benzene rings is 2. The van der Waals surface area contributed by atoms with E-state index < -0.39 is 0 Å². The molecule has 7 nitrogen and oxygen atoms in total. The maximum Gasteiger partial charge on any atom is 0.256 e. The van der Waals surface area contributed by atoms with Gasteiger partial charge in [0.15, 0.2) is 11.5 Å². The number of rotatable bonds is 5. The topological polar surface area (TPSA) is 77.1 Å². The summed E-state index contributed by atoms with van der Waals surface area (Å²) >= 11 is 6.15. The van der Waals surface area contributed by atoms with Gasteiger partial charge in [-0.15, -0.1) is 0 Å². The largest absolute Gasteiger partial charge is 0.493 e. The van der Waals surface area contributed by atoms with E-state index in [1.807, 2.05) is 13.8 Å². The fourth-order valence-electron chi connectivity index (χ4n) is 3.49. The molecule has 2 amide bonds. The van der Waals surface area contributed by atoms with Gasteiger partial charge in [0.25, 0.3) is 11.8 Å². The minimum absolute atomic E-state index is 0.0679. The highest BCUT2D eigenvalue weighted by Gasteiger charge is 2.28. The van der Waals surface area contributed by atoms with Gasteiger partial charge in [-0.3, -0.25) is 9.59 Å². The number of amides is 2. The third kappa shape index (κ3) is 4.86. The first-order chi connectivity index (χ1) is 14.3. The van der Waals surface area contributed by atoms with Crippen LogP contribution in [-0.4, -0.2) is 56.2 Å². The van der Waals surface area contributed by atoms with Crippen LogP contribution in [0, 0.1) is 0 Å². The normalized spacial score (nSPS) is 18.6. The van der Waals surface area contributed by atoms with Crippen LogP contribution in [0.4, 0.5) is 5.69 Å². The van der Waals surface area contributed by atoms with Gasteiger partial charge in [-0.1, -0.05) is 11.6 Å². The van der Waals surface area contributed by atoms with E-state index in [1.165, 1.54) is 14.2 Å².